The van der Waals surface area contributed by atoms with Crippen LogP contribution >= 0.6 is 0 Å². The van der Waals surface area contributed by atoms with Crippen LogP contribution in [0.5, 0.6) is 0 Å². The molecule has 1 aliphatic carbocycles. The van der Waals surface area contributed by atoms with Crippen molar-refractivity contribution in [2.45, 2.75) is 38.6 Å². The average Bonchev–Trinajstić information content (AvgIpc) is 3.10. The van der Waals surface area contributed by atoms with E-state index in [0.29, 0.717) is 19.2 Å². The third-order valence-electron chi connectivity index (χ3n) is 3.07. The van der Waals surface area contributed by atoms with Gasteiger partial charge in [0.15, 0.2) is 0 Å². The first-order valence-corrected chi connectivity index (χ1v) is 6.20. The summed E-state index contributed by atoms with van der Waals surface area (Å²) in [6.07, 6.45) is 4.12. The third-order valence-corrected chi connectivity index (χ3v) is 3.07. The van der Waals surface area contributed by atoms with Crippen LogP contribution < -0.4 is 5.73 Å². The van der Waals surface area contributed by atoms with E-state index in [-0.39, 0.29) is 11.8 Å². The molecule has 0 aromatic heterocycles. The van der Waals surface area contributed by atoms with Crippen molar-refractivity contribution >= 4 is 5.91 Å². The highest BCUT2D eigenvalue weighted by atomic mass is 16.5. The normalized spacial score (nSPS) is 17.2. The Morgan fingerprint density at radius 2 is 2.25 bits per heavy atom. The van der Waals surface area contributed by atoms with Crippen LogP contribution in [0, 0.1) is 5.92 Å². The van der Waals surface area contributed by atoms with E-state index in [1.54, 1.807) is 7.11 Å². The van der Waals surface area contributed by atoms with Crippen molar-refractivity contribution in [2.75, 3.05) is 26.8 Å². The Balaban J connectivity index is 2.39. The summed E-state index contributed by atoms with van der Waals surface area (Å²) >= 11 is 0. The Labute approximate surface area is 98.1 Å². The largest absolute Gasteiger partial charge is 0.383 e. The van der Waals surface area contributed by atoms with Crippen LogP contribution in [-0.4, -0.2) is 43.7 Å². The molecule has 2 N–H and O–H groups in total. The van der Waals surface area contributed by atoms with Gasteiger partial charge in [0, 0.05) is 25.6 Å². The van der Waals surface area contributed by atoms with Gasteiger partial charge in [-0.2, -0.15) is 0 Å². The van der Waals surface area contributed by atoms with Crippen LogP contribution in [-0.2, 0) is 9.53 Å². The molecule has 0 bridgehead atoms. The molecule has 0 aromatic rings. The maximum Gasteiger partial charge on any atom is 0.225 e. The number of carbonyl (C=O) groups excluding carboxylic acids is 1. The lowest BCUT2D eigenvalue weighted by molar-refractivity contribution is -0.136. The van der Waals surface area contributed by atoms with E-state index < -0.39 is 0 Å². The molecule has 1 fully saturated rings. The number of amides is 1. The first-order chi connectivity index (χ1) is 7.70. The predicted octanol–water partition coefficient (Wildman–Crippen LogP) is 0.999. The van der Waals surface area contributed by atoms with Crippen molar-refractivity contribution in [3.8, 4) is 0 Å². The second kappa shape index (κ2) is 6.86. The molecule has 1 atom stereocenters. The summed E-state index contributed by atoms with van der Waals surface area (Å²) in [6, 6.07) is 0.475. The molecular weight excluding hydrogens is 204 g/mol. The highest BCUT2D eigenvalue weighted by Gasteiger charge is 2.33. The lowest BCUT2D eigenvalue weighted by Gasteiger charge is -2.25. The summed E-state index contributed by atoms with van der Waals surface area (Å²) in [5.41, 5.74) is 5.46. The van der Waals surface area contributed by atoms with E-state index in [2.05, 4.69) is 0 Å². The average molecular weight is 228 g/mol. The summed E-state index contributed by atoms with van der Waals surface area (Å²) < 4.78 is 5.05. The second-order valence-corrected chi connectivity index (χ2v) is 4.59. The molecule has 1 amide bonds. The fourth-order valence-corrected chi connectivity index (χ4v) is 1.88. The molecule has 0 aromatic carbocycles. The molecule has 94 valence electrons. The number of rotatable bonds is 8. The van der Waals surface area contributed by atoms with E-state index >= 15 is 0 Å². The van der Waals surface area contributed by atoms with E-state index in [4.69, 9.17) is 10.5 Å². The molecule has 4 nitrogen and oxygen atoms in total. The molecule has 1 aliphatic rings. The summed E-state index contributed by atoms with van der Waals surface area (Å²) in [6.45, 7) is 4.03. The Morgan fingerprint density at radius 1 is 1.56 bits per heavy atom. The minimum absolute atomic E-state index is 0.0982. The van der Waals surface area contributed by atoms with Crippen LogP contribution in [0.25, 0.3) is 0 Å². The van der Waals surface area contributed by atoms with Gasteiger partial charge in [0.1, 0.15) is 0 Å². The molecule has 1 unspecified atom stereocenters. The van der Waals surface area contributed by atoms with Gasteiger partial charge in [-0.25, -0.2) is 0 Å². The molecular formula is C12H24N2O2. The number of nitrogens with two attached hydrogens (primary N) is 1. The Morgan fingerprint density at radius 3 is 2.75 bits per heavy atom. The molecule has 1 saturated carbocycles. The minimum atomic E-state index is 0.0982. The summed E-state index contributed by atoms with van der Waals surface area (Å²) in [5.74, 6) is 0.369. The van der Waals surface area contributed by atoms with Crippen molar-refractivity contribution in [1.82, 2.24) is 4.90 Å². The Hall–Kier alpha value is -0.610. The molecule has 4 heteroatoms. The monoisotopic (exact) mass is 228 g/mol. The highest BCUT2D eigenvalue weighted by molar-refractivity contribution is 5.79. The fraction of sp³-hybridized carbons (Fsp3) is 0.917. The maximum atomic E-state index is 12.2. The van der Waals surface area contributed by atoms with Crippen molar-refractivity contribution in [3.63, 3.8) is 0 Å². The molecule has 0 radical (unpaired) electrons. The van der Waals surface area contributed by atoms with Crippen molar-refractivity contribution < 1.29 is 9.53 Å². The molecule has 16 heavy (non-hydrogen) atoms. The fourth-order valence-electron chi connectivity index (χ4n) is 1.88. The number of hydrogen-bond donors (Lipinski definition) is 1. The number of carbonyl (C=O) groups is 1. The van der Waals surface area contributed by atoms with Gasteiger partial charge in [0.05, 0.1) is 6.61 Å². The maximum absolute atomic E-state index is 12.2. The van der Waals surface area contributed by atoms with Gasteiger partial charge in [-0.05, 0) is 32.2 Å². The van der Waals surface area contributed by atoms with Gasteiger partial charge >= 0.3 is 0 Å². The van der Waals surface area contributed by atoms with Gasteiger partial charge in [-0.1, -0.05) is 6.92 Å². The molecule has 1 rings (SSSR count). The lowest BCUT2D eigenvalue weighted by Crippen LogP contribution is -2.39. The van der Waals surface area contributed by atoms with Crippen LogP contribution in [0.1, 0.15) is 32.6 Å². The van der Waals surface area contributed by atoms with E-state index in [1.807, 2.05) is 11.8 Å². The summed E-state index contributed by atoms with van der Waals surface area (Å²) in [4.78, 5) is 14.2. The first kappa shape index (κ1) is 13.5. The summed E-state index contributed by atoms with van der Waals surface area (Å²) in [7, 11) is 1.67. The zero-order valence-corrected chi connectivity index (χ0v) is 10.4. The number of methoxy groups -OCH3 is 1. The smallest absolute Gasteiger partial charge is 0.225 e. The molecule has 0 aliphatic heterocycles. The van der Waals surface area contributed by atoms with Gasteiger partial charge < -0.3 is 15.4 Å². The SMILES string of the molecule is COCCN(C(=O)C(C)CCCN)C1CC1. The van der Waals surface area contributed by atoms with Crippen LogP contribution in [0.15, 0.2) is 0 Å². The third kappa shape index (κ3) is 4.10. The first-order valence-electron chi connectivity index (χ1n) is 6.20. The van der Waals surface area contributed by atoms with Crippen LogP contribution in [0.4, 0.5) is 0 Å². The second-order valence-electron chi connectivity index (χ2n) is 4.59. The van der Waals surface area contributed by atoms with Gasteiger partial charge in [0.2, 0.25) is 5.91 Å². The van der Waals surface area contributed by atoms with Gasteiger partial charge in [0.25, 0.3) is 0 Å². The highest BCUT2D eigenvalue weighted by Crippen LogP contribution is 2.28. The van der Waals surface area contributed by atoms with Crippen molar-refractivity contribution in [1.29, 1.82) is 0 Å². The molecule has 0 saturated heterocycles. The standard InChI is InChI=1S/C12H24N2O2/c1-10(4-3-7-13)12(15)14(8-9-16-2)11-5-6-11/h10-11H,3-9,13H2,1-2H3. The quantitative estimate of drug-likeness (QED) is 0.674. The summed E-state index contributed by atoms with van der Waals surface area (Å²) in [5, 5.41) is 0. The van der Waals surface area contributed by atoms with Crippen molar-refractivity contribution in [3.05, 3.63) is 0 Å². The molecule has 0 heterocycles. The van der Waals surface area contributed by atoms with Gasteiger partial charge in [-0.15, -0.1) is 0 Å². The van der Waals surface area contributed by atoms with Crippen molar-refractivity contribution in [2.24, 2.45) is 11.7 Å². The minimum Gasteiger partial charge on any atom is -0.383 e. The zero-order chi connectivity index (χ0) is 12.0. The zero-order valence-electron chi connectivity index (χ0n) is 10.4. The number of ether oxygens (including phenoxy) is 1. The van der Waals surface area contributed by atoms with E-state index in [9.17, 15) is 4.79 Å². The lowest BCUT2D eigenvalue weighted by atomic mass is 10.0. The van der Waals surface area contributed by atoms with Gasteiger partial charge in [-0.3, -0.25) is 4.79 Å². The van der Waals surface area contributed by atoms with Crippen LogP contribution in [0.3, 0.4) is 0 Å². The number of nitrogens with zero attached hydrogens (tertiary/aromatic N) is 1. The number of hydrogen-bond acceptors (Lipinski definition) is 3. The van der Waals surface area contributed by atoms with E-state index in [0.717, 1.165) is 32.2 Å². The van der Waals surface area contributed by atoms with Crippen LogP contribution in [0.2, 0.25) is 0 Å². The Bertz CT molecular complexity index is 217. The predicted molar refractivity (Wildman–Crippen MR) is 64.1 cm³/mol. The van der Waals surface area contributed by atoms with E-state index in [1.165, 1.54) is 0 Å². The molecule has 0 spiro atoms. The topological polar surface area (TPSA) is 55.6 Å². The Kier molecular flexibility index (Phi) is 5.77.